The van der Waals surface area contributed by atoms with Gasteiger partial charge in [-0.05, 0) is 67.5 Å². The lowest BCUT2D eigenvalue weighted by Gasteiger charge is -2.30. The predicted octanol–water partition coefficient (Wildman–Crippen LogP) is 4.19. The summed E-state index contributed by atoms with van der Waals surface area (Å²) in [5, 5.41) is 3.28. The van der Waals surface area contributed by atoms with Gasteiger partial charge in [-0.25, -0.2) is 0 Å². The average molecular weight is 367 g/mol. The molecule has 4 heteroatoms. The highest BCUT2D eigenvalue weighted by Gasteiger charge is 2.23. The molecule has 1 aliphatic carbocycles. The van der Waals surface area contributed by atoms with Gasteiger partial charge in [-0.1, -0.05) is 24.3 Å². The van der Waals surface area contributed by atoms with Crippen LogP contribution in [0.2, 0.25) is 0 Å². The fourth-order valence-electron chi connectivity index (χ4n) is 4.47. The van der Waals surface area contributed by atoms with E-state index in [0.29, 0.717) is 19.3 Å². The first-order valence-electron chi connectivity index (χ1n) is 10.0. The Morgan fingerprint density at radius 3 is 3.07 bits per heavy atom. The van der Waals surface area contributed by atoms with Crippen molar-refractivity contribution in [1.29, 1.82) is 0 Å². The Kier molecular flexibility index (Phi) is 5.65. The smallest absolute Gasteiger partial charge is 0.122 e. The molecule has 1 aliphatic heterocycles. The van der Waals surface area contributed by atoms with E-state index >= 15 is 0 Å². The summed E-state index contributed by atoms with van der Waals surface area (Å²) < 4.78 is 11.1. The monoisotopic (exact) mass is 366 g/mol. The molecule has 0 fully saturated rings. The molecule has 4 rings (SSSR count). The standard InChI is InChI=1S/C23H30N2O2/c1-25(12-11-17-9-10-22-19(13-17)15-27-16-24-22)14-18-5-3-7-21-20(18)6-4-8-23(21)26-2/h4,6,8-10,13,18,24H,3,5,7,11-12,14-16H2,1-2H3. The molecule has 2 aliphatic rings. The summed E-state index contributed by atoms with van der Waals surface area (Å²) in [6, 6.07) is 13.3. The molecule has 1 unspecified atom stereocenters. The summed E-state index contributed by atoms with van der Waals surface area (Å²) in [4.78, 5) is 2.48. The summed E-state index contributed by atoms with van der Waals surface area (Å²) in [6.45, 7) is 3.51. The first-order chi connectivity index (χ1) is 13.2. The van der Waals surface area contributed by atoms with Gasteiger partial charge in [0.25, 0.3) is 0 Å². The zero-order valence-corrected chi connectivity index (χ0v) is 16.5. The van der Waals surface area contributed by atoms with E-state index in [2.05, 4.69) is 53.7 Å². The van der Waals surface area contributed by atoms with Gasteiger partial charge in [-0.15, -0.1) is 0 Å². The third-order valence-corrected chi connectivity index (χ3v) is 5.91. The van der Waals surface area contributed by atoms with Crippen molar-refractivity contribution in [2.24, 2.45) is 0 Å². The summed E-state index contributed by atoms with van der Waals surface area (Å²) in [5.41, 5.74) is 6.79. The van der Waals surface area contributed by atoms with Crippen LogP contribution in [0, 0.1) is 0 Å². The van der Waals surface area contributed by atoms with Crippen LogP contribution in [0.5, 0.6) is 5.75 Å². The highest BCUT2D eigenvalue weighted by atomic mass is 16.5. The molecule has 0 aromatic heterocycles. The van der Waals surface area contributed by atoms with Gasteiger partial charge in [0.2, 0.25) is 0 Å². The molecule has 1 atom stereocenters. The Hall–Kier alpha value is -2.04. The zero-order valence-electron chi connectivity index (χ0n) is 16.5. The van der Waals surface area contributed by atoms with E-state index in [0.717, 1.165) is 31.7 Å². The molecule has 0 bridgehead atoms. The minimum Gasteiger partial charge on any atom is -0.496 e. The van der Waals surface area contributed by atoms with Gasteiger partial charge < -0.3 is 19.7 Å². The second-order valence-electron chi connectivity index (χ2n) is 7.79. The van der Waals surface area contributed by atoms with Crippen molar-refractivity contribution in [3.63, 3.8) is 0 Å². The largest absolute Gasteiger partial charge is 0.496 e. The molecule has 0 saturated heterocycles. The van der Waals surface area contributed by atoms with Gasteiger partial charge in [0.15, 0.2) is 0 Å². The topological polar surface area (TPSA) is 33.7 Å². The molecular weight excluding hydrogens is 336 g/mol. The maximum Gasteiger partial charge on any atom is 0.122 e. The molecule has 2 aromatic carbocycles. The number of methoxy groups -OCH3 is 1. The molecule has 1 N–H and O–H groups in total. The number of benzene rings is 2. The molecule has 4 nitrogen and oxygen atoms in total. The molecule has 0 amide bonds. The normalized spacial score (nSPS) is 18.6. The Bertz CT molecular complexity index is 790. The number of likely N-dealkylation sites (N-methyl/N-ethyl adjacent to an activating group) is 1. The quantitative estimate of drug-likeness (QED) is 0.831. The van der Waals surface area contributed by atoms with Crippen LogP contribution in [0.4, 0.5) is 5.69 Å². The predicted molar refractivity (Wildman–Crippen MR) is 110 cm³/mol. The van der Waals surface area contributed by atoms with Crippen molar-refractivity contribution in [1.82, 2.24) is 4.90 Å². The van der Waals surface area contributed by atoms with Crippen LogP contribution in [0.3, 0.4) is 0 Å². The second-order valence-corrected chi connectivity index (χ2v) is 7.79. The third-order valence-electron chi connectivity index (χ3n) is 5.91. The van der Waals surface area contributed by atoms with Crippen molar-refractivity contribution in [3.8, 4) is 5.75 Å². The first-order valence-corrected chi connectivity index (χ1v) is 10.0. The van der Waals surface area contributed by atoms with Crippen LogP contribution >= 0.6 is 0 Å². The van der Waals surface area contributed by atoms with Crippen molar-refractivity contribution in [2.75, 3.05) is 39.3 Å². The van der Waals surface area contributed by atoms with Crippen LogP contribution in [0.25, 0.3) is 0 Å². The summed E-state index contributed by atoms with van der Waals surface area (Å²) in [7, 11) is 4.03. The van der Waals surface area contributed by atoms with Crippen molar-refractivity contribution < 1.29 is 9.47 Å². The van der Waals surface area contributed by atoms with E-state index in [9.17, 15) is 0 Å². The molecular formula is C23H30N2O2. The van der Waals surface area contributed by atoms with E-state index in [1.54, 1.807) is 7.11 Å². The third kappa shape index (κ3) is 4.12. The summed E-state index contributed by atoms with van der Waals surface area (Å²) in [6.07, 6.45) is 4.74. The minimum atomic E-state index is 0.606. The molecule has 0 spiro atoms. The Balaban J connectivity index is 1.37. The molecule has 0 radical (unpaired) electrons. The maximum atomic E-state index is 5.59. The fourth-order valence-corrected chi connectivity index (χ4v) is 4.47. The lowest BCUT2D eigenvalue weighted by Crippen LogP contribution is -2.28. The lowest BCUT2D eigenvalue weighted by atomic mass is 9.82. The lowest BCUT2D eigenvalue weighted by molar-refractivity contribution is 0.130. The number of rotatable bonds is 6. The van der Waals surface area contributed by atoms with Crippen molar-refractivity contribution in [2.45, 2.75) is 38.2 Å². The van der Waals surface area contributed by atoms with E-state index < -0.39 is 0 Å². The van der Waals surface area contributed by atoms with Gasteiger partial charge in [0, 0.05) is 24.3 Å². The van der Waals surface area contributed by atoms with Gasteiger partial charge in [-0.3, -0.25) is 0 Å². The minimum absolute atomic E-state index is 0.606. The SMILES string of the molecule is COc1cccc2c1CCCC2CN(C)CCc1ccc2c(c1)COCN2. The maximum absolute atomic E-state index is 5.59. The molecule has 144 valence electrons. The van der Waals surface area contributed by atoms with Crippen molar-refractivity contribution >= 4 is 5.69 Å². The Morgan fingerprint density at radius 2 is 2.19 bits per heavy atom. The highest BCUT2D eigenvalue weighted by molar-refractivity contribution is 5.53. The summed E-state index contributed by atoms with van der Waals surface area (Å²) >= 11 is 0. The fraction of sp³-hybridized carbons (Fsp3) is 0.478. The number of nitrogens with zero attached hydrogens (tertiary/aromatic N) is 1. The Morgan fingerprint density at radius 1 is 1.26 bits per heavy atom. The summed E-state index contributed by atoms with van der Waals surface area (Å²) in [5.74, 6) is 1.67. The molecule has 0 saturated carbocycles. The van der Waals surface area contributed by atoms with Crippen LogP contribution in [-0.2, 0) is 24.2 Å². The van der Waals surface area contributed by atoms with Gasteiger partial charge >= 0.3 is 0 Å². The van der Waals surface area contributed by atoms with E-state index in [1.807, 2.05) is 0 Å². The number of nitrogens with one attached hydrogen (secondary N) is 1. The van der Waals surface area contributed by atoms with Crippen LogP contribution in [0.15, 0.2) is 36.4 Å². The molecule has 1 heterocycles. The number of hydrogen-bond acceptors (Lipinski definition) is 4. The average Bonchev–Trinajstić information content (AvgIpc) is 2.72. The van der Waals surface area contributed by atoms with Crippen LogP contribution in [0.1, 0.15) is 41.0 Å². The molecule has 27 heavy (non-hydrogen) atoms. The molecule has 2 aromatic rings. The number of anilines is 1. The van der Waals surface area contributed by atoms with E-state index in [4.69, 9.17) is 9.47 Å². The van der Waals surface area contributed by atoms with Gasteiger partial charge in [0.1, 0.15) is 12.5 Å². The van der Waals surface area contributed by atoms with Crippen LogP contribution in [-0.4, -0.2) is 38.9 Å². The number of ether oxygens (including phenoxy) is 2. The number of fused-ring (bicyclic) bond motifs is 2. The second kappa shape index (κ2) is 8.32. The highest BCUT2D eigenvalue weighted by Crippen LogP contribution is 2.36. The first kappa shape index (κ1) is 18.3. The van der Waals surface area contributed by atoms with Crippen LogP contribution < -0.4 is 10.1 Å². The van der Waals surface area contributed by atoms with Crippen molar-refractivity contribution in [3.05, 3.63) is 58.7 Å². The Labute approximate surface area is 162 Å². The van der Waals surface area contributed by atoms with Gasteiger partial charge in [0.05, 0.1) is 13.7 Å². The number of hydrogen-bond donors (Lipinski definition) is 1. The van der Waals surface area contributed by atoms with E-state index in [1.165, 1.54) is 40.8 Å². The zero-order chi connectivity index (χ0) is 18.6. The van der Waals surface area contributed by atoms with E-state index in [-0.39, 0.29) is 0 Å². The van der Waals surface area contributed by atoms with Gasteiger partial charge in [-0.2, -0.15) is 0 Å².